The van der Waals surface area contributed by atoms with Crippen LogP contribution in [0.25, 0.3) is 0 Å². The first-order valence-corrected chi connectivity index (χ1v) is 13.6. The van der Waals surface area contributed by atoms with Crippen molar-refractivity contribution in [3.8, 4) is 30.1 Å². The van der Waals surface area contributed by atoms with Gasteiger partial charge in [-0.2, -0.15) is 0 Å². The molecule has 0 radical (unpaired) electrons. The van der Waals surface area contributed by atoms with Gasteiger partial charge in [0.2, 0.25) is 0 Å². The number of terminal acetylenes is 1. The van der Waals surface area contributed by atoms with Crippen LogP contribution in [0.3, 0.4) is 0 Å². The summed E-state index contributed by atoms with van der Waals surface area (Å²) < 4.78 is 16.1. The number of rotatable bonds is 10. The molecule has 5 nitrogen and oxygen atoms in total. The summed E-state index contributed by atoms with van der Waals surface area (Å²) in [6, 6.07) is 12.3. The van der Waals surface area contributed by atoms with Gasteiger partial charge >= 0.3 is 0 Å². The molecule has 0 saturated carbocycles. The number of hydrogen-bond acceptors (Lipinski definition) is 5. The number of carbonyl (C=O) groups is 1. The lowest BCUT2D eigenvalue weighted by Crippen LogP contribution is -2.06. The third kappa shape index (κ3) is 22.2. The first-order chi connectivity index (χ1) is 18.4. The Balaban J connectivity index is -0.000000221. The molecule has 2 aromatic carbocycles. The van der Waals surface area contributed by atoms with Crippen LogP contribution in [0.5, 0.6) is 17.2 Å². The molecule has 218 valence electrons. The molecular weight excluding hydrogens is 474 g/mol. The first kappa shape index (κ1) is 42.1. The number of carbonyl (C=O) groups excluding carboxylic acids is 1. The van der Waals surface area contributed by atoms with E-state index in [2.05, 4.69) is 70.1 Å². The molecule has 0 aromatic heterocycles. The maximum atomic E-state index is 8.00. The molecule has 0 saturated heterocycles. The standard InChI is InChI=1S/C13H20O2.C10H14O.C5H13N.C2H6.C2H2.CH2O/c1-5-7-11-9-13(15-4)12(14-3)8-10(11)6-2;1-8(2)11-10-6-4-9(3)5-7-10;1-3-4-5-6-2;3*1-2/h8-9H,5-7H2,1-4H3;4-8H,1-3H3;6H,3-5H2,1-2H3;1-2H3;1-2H;1H2. The predicted molar refractivity (Wildman–Crippen MR) is 167 cm³/mol. The maximum Gasteiger partial charge on any atom is 0.161 e. The van der Waals surface area contributed by atoms with Gasteiger partial charge in [0, 0.05) is 0 Å². The summed E-state index contributed by atoms with van der Waals surface area (Å²) in [6.07, 6.45) is 14.1. The van der Waals surface area contributed by atoms with E-state index < -0.39 is 0 Å². The smallest absolute Gasteiger partial charge is 0.161 e. The fraction of sp³-hybridized carbons (Fsp3) is 0.545. The number of benzene rings is 2. The molecule has 0 aliphatic carbocycles. The molecule has 0 fully saturated rings. The lowest BCUT2D eigenvalue weighted by atomic mass is 10.0. The molecule has 38 heavy (non-hydrogen) atoms. The van der Waals surface area contributed by atoms with Gasteiger partial charge in [0.15, 0.2) is 11.5 Å². The minimum Gasteiger partial charge on any atom is -0.493 e. The highest BCUT2D eigenvalue weighted by molar-refractivity contribution is 5.47. The Morgan fingerprint density at radius 1 is 0.868 bits per heavy atom. The Kier molecular flexibility index (Phi) is 35.5. The lowest BCUT2D eigenvalue weighted by Gasteiger charge is -2.13. The minimum atomic E-state index is 0.262. The normalized spacial score (nSPS) is 8.68. The van der Waals surface area contributed by atoms with E-state index in [1.807, 2.05) is 53.7 Å². The lowest BCUT2D eigenvalue weighted by molar-refractivity contribution is -0.0980. The Morgan fingerprint density at radius 3 is 1.66 bits per heavy atom. The zero-order valence-electron chi connectivity index (χ0n) is 26.3. The molecule has 0 atom stereocenters. The van der Waals surface area contributed by atoms with E-state index in [-0.39, 0.29) is 6.10 Å². The maximum absolute atomic E-state index is 8.00. The van der Waals surface area contributed by atoms with Crippen LogP contribution in [-0.4, -0.2) is 40.7 Å². The molecule has 0 aliphatic heterocycles. The summed E-state index contributed by atoms with van der Waals surface area (Å²) >= 11 is 0. The van der Waals surface area contributed by atoms with Crippen LogP contribution in [0, 0.1) is 19.8 Å². The molecule has 0 aliphatic rings. The first-order valence-electron chi connectivity index (χ1n) is 13.6. The number of hydrogen-bond donors (Lipinski definition) is 1. The van der Waals surface area contributed by atoms with Crippen LogP contribution in [0.4, 0.5) is 0 Å². The van der Waals surface area contributed by atoms with Gasteiger partial charge in [-0.15, -0.1) is 12.8 Å². The third-order valence-corrected chi connectivity index (χ3v) is 4.78. The average molecular weight is 532 g/mol. The second kappa shape index (κ2) is 32.1. The predicted octanol–water partition coefficient (Wildman–Crippen LogP) is 8.10. The number of ether oxygens (including phenoxy) is 3. The summed E-state index contributed by atoms with van der Waals surface area (Å²) in [5.74, 6) is 2.61. The van der Waals surface area contributed by atoms with Gasteiger partial charge in [0.25, 0.3) is 0 Å². The molecular formula is C33H57NO4. The topological polar surface area (TPSA) is 56.8 Å². The molecule has 0 heterocycles. The monoisotopic (exact) mass is 531 g/mol. The quantitative estimate of drug-likeness (QED) is 0.248. The van der Waals surface area contributed by atoms with Crippen molar-refractivity contribution in [2.24, 2.45) is 0 Å². The number of aryl methyl sites for hydroxylation is 3. The van der Waals surface area contributed by atoms with Crippen molar-refractivity contribution in [1.29, 1.82) is 0 Å². The van der Waals surface area contributed by atoms with Crippen molar-refractivity contribution in [3.63, 3.8) is 0 Å². The highest BCUT2D eigenvalue weighted by Crippen LogP contribution is 2.31. The van der Waals surface area contributed by atoms with Crippen molar-refractivity contribution < 1.29 is 19.0 Å². The van der Waals surface area contributed by atoms with Gasteiger partial charge in [0.05, 0.1) is 20.3 Å². The molecule has 0 unspecified atom stereocenters. The molecule has 2 rings (SSSR count). The second-order valence-electron chi connectivity index (χ2n) is 8.02. The minimum absolute atomic E-state index is 0.262. The molecule has 2 aromatic rings. The molecule has 1 N–H and O–H groups in total. The highest BCUT2D eigenvalue weighted by atomic mass is 16.5. The van der Waals surface area contributed by atoms with E-state index in [0.717, 1.165) is 43.1 Å². The van der Waals surface area contributed by atoms with Gasteiger partial charge in [-0.25, -0.2) is 0 Å². The van der Waals surface area contributed by atoms with E-state index in [9.17, 15) is 0 Å². The summed E-state index contributed by atoms with van der Waals surface area (Å²) in [7, 11) is 5.34. The molecule has 5 heteroatoms. The highest BCUT2D eigenvalue weighted by Gasteiger charge is 2.09. The molecule has 0 spiro atoms. The van der Waals surface area contributed by atoms with E-state index in [0.29, 0.717) is 0 Å². The number of nitrogens with one attached hydrogen (secondary N) is 1. The van der Waals surface area contributed by atoms with Crippen LogP contribution < -0.4 is 19.5 Å². The zero-order valence-corrected chi connectivity index (χ0v) is 26.3. The number of unbranched alkanes of at least 4 members (excludes halogenated alkanes) is 1. The van der Waals surface area contributed by atoms with Gasteiger partial charge in [-0.05, 0) is 89.0 Å². The van der Waals surface area contributed by atoms with Crippen LogP contribution in [0.1, 0.15) is 84.4 Å². The van der Waals surface area contributed by atoms with Crippen LogP contribution in [-0.2, 0) is 17.6 Å². The van der Waals surface area contributed by atoms with E-state index in [1.54, 1.807) is 14.2 Å². The zero-order chi connectivity index (χ0) is 30.4. The Morgan fingerprint density at radius 2 is 1.34 bits per heavy atom. The fourth-order valence-electron chi connectivity index (χ4n) is 3.04. The van der Waals surface area contributed by atoms with Crippen LogP contribution in [0.2, 0.25) is 0 Å². The SMILES string of the molecule is C#C.C=O.CC.CCCCNC.CCCc1cc(OC)c(OC)cc1CC.Cc1ccc(OC(C)C)cc1. The van der Waals surface area contributed by atoms with Crippen LogP contribution >= 0.6 is 0 Å². The molecule has 0 bridgehead atoms. The van der Waals surface area contributed by atoms with Crippen molar-refractivity contribution in [3.05, 3.63) is 53.1 Å². The fourth-order valence-corrected chi connectivity index (χ4v) is 3.04. The Hall–Kier alpha value is -2.97. The van der Waals surface area contributed by atoms with Gasteiger partial charge in [-0.1, -0.05) is 65.2 Å². The third-order valence-electron chi connectivity index (χ3n) is 4.78. The van der Waals surface area contributed by atoms with Crippen molar-refractivity contribution in [1.82, 2.24) is 5.32 Å². The Bertz CT molecular complexity index is 767. The summed E-state index contributed by atoms with van der Waals surface area (Å²) in [5, 5.41) is 3.07. The Labute approximate surface area is 235 Å². The van der Waals surface area contributed by atoms with E-state index in [4.69, 9.17) is 19.0 Å². The van der Waals surface area contributed by atoms with Gasteiger partial charge in [-0.3, -0.25) is 0 Å². The summed E-state index contributed by atoms with van der Waals surface area (Å²) in [4.78, 5) is 8.00. The second-order valence-corrected chi connectivity index (χ2v) is 8.02. The number of methoxy groups -OCH3 is 2. The average Bonchev–Trinajstić information content (AvgIpc) is 2.96. The van der Waals surface area contributed by atoms with Gasteiger partial charge < -0.3 is 24.3 Å². The van der Waals surface area contributed by atoms with Crippen molar-refractivity contribution in [2.75, 3.05) is 27.8 Å². The van der Waals surface area contributed by atoms with Crippen molar-refractivity contribution >= 4 is 6.79 Å². The summed E-state index contributed by atoms with van der Waals surface area (Å²) in [6.45, 7) is 19.8. The summed E-state index contributed by atoms with van der Waals surface area (Å²) in [5.41, 5.74) is 3.99. The van der Waals surface area contributed by atoms with Gasteiger partial charge in [0.1, 0.15) is 12.5 Å². The van der Waals surface area contributed by atoms with Crippen molar-refractivity contribution in [2.45, 2.75) is 93.6 Å². The van der Waals surface area contributed by atoms with E-state index >= 15 is 0 Å². The molecule has 0 amide bonds. The van der Waals surface area contributed by atoms with E-state index in [1.165, 1.54) is 29.5 Å². The largest absolute Gasteiger partial charge is 0.493 e. The van der Waals surface area contributed by atoms with Crippen LogP contribution in [0.15, 0.2) is 36.4 Å².